The molecule has 5 nitrogen and oxygen atoms in total. The van der Waals surface area contributed by atoms with E-state index in [1.165, 1.54) is 35.7 Å². The molecule has 0 N–H and O–H groups in total. The number of benzene rings is 1. The van der Waals surface area contributed by atoms with Gasteiger partial charge in [-0.1, -0.05) is 36.0 Å². The van der Waals surface area contributed by atoms with E-state index < -0.39 is 0 Å². The molecule has 0 bridgehead atoms. The summed E-state index contributed by atoms with van der Waals surface area (Å²) in [4.78, 5) is 14.7. The van der Waals surface area contributed by atoms with E-state index in [9.17, 15) is 4.79 Å². The van der Waals surface area contributed by atoms with E-state index in [0.717, 1.165) is 30.2 Å². The van der Waals surface area contributed by atoms with Crippen LogP contribution >= 0.6 is 11.8 Å². The molecule has 1 atom stereocenters. The highest BCUT2D eigenvalue weighted by molar-refractivity contribution is 7.99. The Morgan fingerprint density at radius 3 is 2.88 bits per heavy atom. The zero-order valence-corrected chi connectivity index (χ0v) is 15.6. The lowest BCUT2D eigenvalue weighted by atomic mass is 9.87. The van der Waals surface area contributed by atoms with Crippen LogP contribution in [-0.2, 0) is 18.3 Å². The monoisotopic (exact) mass is 356 g/mol. The largest absolute Gasteiger partial charge is 0.338 e. The van der Waals surface area contributed by atoms with E-state index in [2.05, 4.69) is 34.5 Å². The van der Waals surface area contributed by atoms with E-state index in [4.69, 9.17) is 0 Å². The molecule has 0 aliphatic heterocycles. The molecule has 25 heavy (non-hydrogen) atoms. The molecule has 2 aliphatic rings. The fourth-order valence-corrected chi connectivity index (χ4v) is 4.52. The van der Waals surface area contributed by atoms with Crippen molar-refractivity contribution in [1.29, 1.82) is 0 Å². The highest BCUT2D eigenvalue weighted by Gasteiger charge is 2.30. The molecule has 6 heteroatoms. The molecule has 1 aromatic carbocycles. The van der Waals surface area contributed by atoms with Crippen LogP contribution in [0.5, 0.6) is 0 Å². The van der Waals surface area contributed by atoms with Crippen molar-refractivity contribution in [3.8, 4) is 0 Å². The Kier molecular flexibility index (Phi) is 4.54. The number of carbonyl (C=O) groups excluding carboxylic acids is 1. The van der Waals surface area contributed by atoms with Crippen molar-refractivity contribution in [1.82, 2.24) is 19.7 Å². The molecule has 1 unspecified atom stereocenters. The van der Waals surface area contributed by atoms with Gasteiger partial charge in [0.15, 0.2) is 5.16 Å². The molecule has 1 amide bonds. The number of rotatable bonds is 5. The van der Waals surface area contributed by atoms with Crippen molar-refractivity contribution in [2.45, 2.75) is 49.2 Å². The predicted octanol–water partition coefficient (Wildman–Crippen LogP) is 3.32. The minimum atomic E-state index is 0.155. The number of hydrogen-bond acceptors (Lipinski definition) is 4. The Morgan fingerprint density at radius 1 is 1.28 bits per heavy atom. The first-order valence-electron chi connectivity index (χ1n) is 9.00. The number of nitrogens with zero attached hydrogens (tertiary/aromatic N) is 4. The second-order valence-corrected chi connectivity index (χ2v) is 8.02. The van der Waals surface area contributed by atoms with Crippen molar-refractivity contribution in [2.24, 2.45) is 7.05 Å². The van der Waals surface area contributed by atoms with Crippen LogP contribution in [0.2, 0.25) is 0 Å². The topological polar surface area (TPSA) is 51.0 Å². The third-order valence-electron chi connectivity index (χ3n) is 5.33. The van der Waals surface area contributed by atoms with Gasteiger partial charge in [0, 0.05) is 20.0 Å². The number of amides is 1. The van der Waals surface area contributed by atoms with Crippen molar-refractivity contribution in [3.63, 3.8) is 0 Å². The molecule has 0 spiro atoms. The van der Waals surface area contributed by atoms with Crippen molar-refractivity contribution < 1.29 is 4.79 Å². The standard InChI is InChI=1S/C19H24N4OS/c1-22(16-9-5-7-13-6-3-4-8-15(13)16)17(24)12-25-19-21-20-18(23(19)2)14-10-11-14/h3-4,6,8,14,16H,5,7,9-12H2,1-2H3. The molecule has 132 valence electrons. The molecule has 0 radical (unpaired) electrons. The summed E-state index contributed by atoms with van der Waals surface area (Å²) in [7, 11) is 3.93. The molecule has 4 rings (SSSR count). The second-order valence-electron chi connectivity index (χ2n) is 7.07. The van der Waals surface area contributed by atoms with E-state index in [1.807, 2.05) is 23.6 Å². The van der Waals surface area contributed by atoms with E-state index >= 15 is 0 Å². The number of aryl methyl sites for hydroxylation is 1. The van der Waals surface area contributed by atoms with Crippen LogP contribution < -0.4 is 0 Å². The zero-order chi connectivity index (χ0) is 17.4. The molecule has 2 aliphatic carbocycles. The molecular formula is C19H24N4OS. The van der Waals surface area contributed by atoms with Gasteiger partial charge in [0.1, 0.15) is 5.82 Å². The fourth-order valence-electron chi connectivity index (χ4n) is 3.68. The minimum absolute atomic E-state index is 0.155. The summed E-state index contributed by atoms with van der Waals surface area (Å²) in [5.74, 6) is 2.20. The Morgan fingerprint density at radius 2 is 2.08 bits per heavy atom. The summed E-state index contributed by atoms with van der Waals surface area (Å²) in [6.07, 6.45) is 5.71. The Hall–Kier alpha value is -1.82. The number of fused-ring (bicyclic) bond motifs is 1. The summed E-state index contributed by atoms with van der Waals surface area (Å²) < 4.78 is 2.05. The number of carbonyl (C=O) groups is 1. The highest BCUT2D eigenvalue weighted by Crippen LogP contribution is 2.39. The van der Waals surface area contributed by atoms with Crippen LogP contribution in [0.4, 0.5) is 0 Å². The van der Waals surface area contributed by atoms with Gasteiger partial charge in [-0.2, -0.15) is 0 Å². The first-order chi connectivity index (χ1) is 12.1. The van der Waals surface area contributed by atoms with Crippen LogP contribution in [0.1, 0.15) is 54.6 Å². The van der Waals surface area contributed by atoms with Gasteiger partial charge < -0.3 is 9.47 Å². The van der Waals surface area contributed by atoms with Crippen molar-refractivity contribution in [3.05, 3.63) is 41.2 Å². The minimum Gasteiger partial charge on any atom is -0.338 e. The third kappa shape index (κ3) is 3.32. The summed E-state index contributed by atoms with van der Waals surface area (Å²) >= 11 is 1.49. The Balaban J connectivity index is 1.41. The average Bonchev–Trinajstić information content (AvgIpc) is 3.42. The lowest BCUT2D eigenvalue weighted by molar-refractivity contribution is -0.129. The zero-order valence-electron chi connectivity index (χ0n) is 14.8. The number of hydrogen-bond donors (Lipinski definition) is 0. The summed E-state index contributed by atoms with van der Waals surface area (Å²) in [6, 6.07) is 8.71. The van der Waals surface area contributed by atoms with Crippen LogP contribution in [0.3, 0.4) is 0 Å². The second kappa shape index (κ2) is 6.83. The lowest BCUT2D eigenvalue weighted by Crippen LogP contribution is -2.34. The van der Waals surface area contributed by atoms with Gasteiger partial charge in [-0.05, 0) is 43.2 Å². The Bertz CT molecular complexity index is 783. The van der Waals surface area contributed by atoms with Crippen LogP contribution in [0.25, 0.3) is 0 Å². The van der Waals surface area contributed by atoms with Crippen LogP contribution in [-0.4, -0.2) is 38.4 Å². The maximum Gasteiger partial charge on any atom is 0.233 e. The van der Waals surface area contributed by atoms with Gasteiger partial charge in [-0.3, -0.25) is 4.79 Å². The first kappa shape index (κ1) is 16.6. The lowest BCUT2D eigenvalue weighted by Gasteiger charge is -2.33. The van der Waals surface area contributed by atoms with Crippen LogP contribution in [0.15, 0.2) is 29.4 Å². The summed E-state index contributed by atoms with van der Waals surface area (Å²) in [6.45, 7) is 0. The smallest absolute Gasteiger partial charge is 0.233 e. The van der Waals surface area contributed by atoms with E-state index in [1.54, 1.807) is 0 Å². The van der Waals surface area contributed by atoms with Crippen LogP contribution in [0, 0.1) is 0 Å². The summed E-state index contributed by atoms with van der Waals surface area (Å²) in [5, 5.41) is 9.39. The van der Waals surface area contributed by atoms with E-state index in [0.29, 0.717) is 11.7 Å². The molecule has 1 saturated carbocycles. The fraction of sp³-hybridized carbons (Fsp3) is 0.526. The van der Waals surface area contributed by atoms with Gasteiger partial charge in [0.05, 0.1) is 11.8 Å². The maximum atomic E-state index is 12.7. The average molecular weight is 356 g/mol. The molecular weight excluding hydrogens is 332 g/mol. The van der Waals surface area contributed by atoms with Crippen molar-refractivity contribution >= 4 is 17.7 Å². The molecule has 1 fully saturated rings. The van der Waals surface area contributed by atoms with Gasteiger partial charge in [-0.15, -0.1) is 10.2 Å². The van der Waals surface area contributed by atoms with Crippen molar-refractivity contribution in [2.75, 3.05) is 12.8 Å². The first-order valence-corrected chi connectivity index (χ1v) is 9.99. The number of thioether (sulfide) groups is 1. The number of aromatic nitrogens is 3. The quantitative estimate of drug-likeness (QED) is 0.771. The summed E-state index contributed by atoms with van der Waals surface area (Å²) in [5.41, 5.74) is 2.69. The van der Waals surface area contributed by atoms with E-state index in [-0.39, 0.29) is 11.9 Å². The van der Waals surface area contributed by atoms with Gasteiger partial charge in [0.25, 0.3) is 0 Å². The predicted molar refractivity (Wildman–Crippen MR) is 98.6 cm³/mol. The van der Waals surface area contributed by atoms with Gasteiger partial charge in [0.2, 0.25) is 5.91 Å². The molecule has 1 heterocycles. The molecule has 1 aromatic heterocycles. The normalized spacial score (nSPS) is 19.5. The SMILES string of the molecule is CN(C(=O)CSc1nnc(C2CC2)n1C)C1CCCc2ccccc21. The highest BCUT2D eigenvalue weighted by atomic mass is 32.2. The molecule has 0 saturated heterocycles. The van der Waals surface area contributed by atoms with Gasteiger partial charge >= 0.3 is 0 Å². The molecule has 2 aromatic rings. The Labute approximate surface area is 152 Å². The third-order valence-corrected chi connectivity index (χ3v) is 6.34. The van der Waals surface area contributed by atoms with Gasteiger partial charge in [-0.25, -0.2) is 0 Å². The maximum absolute atomic E-state index is 12.7.